The Bertz CT molecular complexity index is 357. The van der Waals surface area contributed by atoms with Crippen molar-refractivity contribution in [3.05, 3.63) is 5.51 Å². The third-order valence-electron chi connectivity index (χ3n) is 2.85. The monoisotopic (exact) mass is 256 g/mol. The zero-order valence-electron chi connectivity index (χ0n) is 9.50. The van der Waals surface area contributed by atoms with Gasteiger partial charge < -0.3 is 15.3 Å². The van der Waals surface area contributed by atoms with Gasteiger partial charge in [-0.1, -0.05) is 11.3 Å². The zero-order chi connectivity index (χ0) is 12.1. The van der Waals surface area contributed by atoms with E-state index in [0.29, 0.717) is 5.92 Å². The number of nitrogens with one attached hydrogen (secondary N) is 1. The third-order valence-corrected chi connectivity index (χ3v) is 3.60. The van der Waals surface area contributed by atoms with E-state index >= 15 is 0 Å². The van der Waals surface area contributed by atoms with Crippen LogP contribution >= 0.6 is 11.3 Å². The number of carboxylic acid groups (broad SMARTS) is 1. The number of hydrogen-bond donors (Lipinski definition) is 2. The first-order chi connectivity index (χ1) is 8.25. The Balaban J connectivity index is 1.79. The van der Waals surface area contributed by atoms with Crippen molar-refractivity contribution in [3.63, 3.8) is 0 Å². The molecule has 6 nitrogen and oxygen atoms in total. The summed E-state index contributed by atoms with van der Waals surface area (Å²) in [6.07, 6.45) is 2.26. The van der Waals surface area contributed by atoms with Crippen molar-refractivity contribution in [2.24, 2.45) is 5.92 Å². The predicted molar refractivity (Wildman–Crippen MR) is 65.4 cm³/mol. The summed E-state index contributed by atoms with van der Waals surface area (Å²) in [6.45, 7) is 2.74. The van der Waals surface area contributed by atoms with Crippen molar-refractivity contribution < 1.29 is 9.90 Å². The lowest BCUT2D eigenvalue weighted by atomic mass is 9.98. The van der Waals surface area contributed by atoms with E-state index in [9.17, 15) is 4.79 Å². The fourth-order valence-corrected chi connectivity index (χ4v) is 2.69. The Morgan fingerprint density at radius 1 is 1.71 bits per heavy atom. The molecule has 1 aromatic rings. The highest BCUT2D eigenvalue weighted by Gasteiger charge is 2.21. The van der Waals surface area contributed by atoms with Gasteiger partial charge in [0, 0.05) is 19.6 Å². The Kier molecular flexibility index (Phi) is 4.27. The summed E-state index contributed by atoms with van der Waals surface area (Å²) in [5.41, 5.74) is 1.74. The Morgan fingerprint density at radius 2 is 2.59 bits per heavy atom. The van der Waals surface area contributed by atoms with Gasteiger partial charge in [0.1, 0.15) is 5.51 Å². The molecule has 0 amide bonds. The number of carbonyl (C=O) groups is 1. The number of piperidine rings is 1. The summed E-state index contributed by atoms with van der Waals surface area (Å²) in [6, 6.07) is 0. The Labute approximate surface area is 104 Å². The van der Waals surface area contributed by atoms with Gasteiger partial charge in [-0.3, -0.25) is 4.79 Å². The molecule has 0 saturated carbocycles. The molecule has 1 aliphatic heterocycles. The smallest absolute Gasteiger partial charge is 0.317 e. The van der Waals surface area contributed by atoms with Gasteiger partial charge in [-0.2, -0.15) is 0 Å². The summed E-state index contributed by atoms with van der Waals surface area (Å²) < 4.78 is 0. The van der Waals surface area contributed by atoms with E-state index in [4.69, 9.17) is 5.11 Å². The molecule has 1 aromatic heterocycles. The van der Waals surface area contributed by atoms with Crippen LogP contribution in [0, 0.1) is 5.92 Å². The van der Waals surface area contributed by atoms with E-state index in [2.05, 4.69) is 20.4 Å². The molecule has 0 radical (unpaired) electrons. The number of aromatic nitrogens is 2. The van der Waals surface area contributed by atoms with Crippen LogP contribution < -0.4 is 10.2 Å². The molecular formula is C10H16N4O2S. The minimum atomic E-state index is -0.804. The van der Waals surface area contributed by atoms with Crippen molar-refractivity contribution in [2.75, 3.05) is 31.1 Å². The maximum atomic E-state index is 10.4. The van der Waals surface area contributed by atoms with Crippen LogP contribution in [0.4, 0.5) is 5.13 Å². The normalized spacial score (nSPS) is 20.5. The molecule has 2 rings (SSSR count). The first-order valence-electron chi connectivity index (χ1n) is 5.69. The Hall–Kier alpha value is -1.21. The van der Waals surface area contributed by atoms with Crippen LogP contribution in [-0.2, 0) is 4.79 Å². The summed E-state index contributed by atoms with van der Waals surface area (Å²) in [5, 5.41) is 20.4. The van der Waals surface area contributed by atoms with Crippen LogP contribution in [0.25, 0.3) is 0 Å². The minimum Gasteiger partial charge on any atom is -0.480 e. The van der Waals surface area contributed by atoms with Crippen molar-refractivity contribution in [1.29, 1.82) is 0 Å². The lowest BCUT2D eigenvalue weighted by Gasteiger charge is -2.32. The second-order valence-corrected chi connectivity index (χ2v) is 5.01. The molecule has 2 heterocycles. The molecule has 2 N–H and O–H groups in total. The average molecular weight is 256 g/mol. The second kappa shape index (κ2) is 5.92. The van der Waals surface area contributed by atoms with E-state index in [1.54, 1.807) is 16.8 Å². The number of nitrogens with zero attached hydrogens (tertiary/aromatic N) is 3. The van der Waals surface area contributed by atoms with Crippen LogP contribution in [0.5, 0.6) is 0 Å². The van der Waals surface area contributed by atoms with Gasteiger partial charge >= 0.3 is 5.97 Å². The largest absolute Gasteiger partial charge is 0.480 e. The van der Waals surface area contributed by atoms with Crippen molar-refractivity contribution in [3.8, 4) is 0 Å². The van der Waals surface area contributed by atoms with Gasteiger partial charge in [-0.15, -0.1) is 10.2 Å². The summed E-state index contributed by atoms with van der Waals surface area (Å²) in [7, 11) is 0. The standard InChI is InChI=1S/C10H16N4O2S/c15-9(16)5-11-4-8-2-1-3-14(6-8)10-13-12-7-17-10/h7-8,11H,1-6H2,(H,15,16). The van der Waals surface area contributed by atoms with Gasteiger partial charge in [0.05, 0.1) is 6.54 Å². The molecule has 7 heteroatoms. The van der Waals surface area contributed by atoms with Crippen LogP contribution in [0.1, 0.15) is 12.8 Å². The maximum Gasteiger partial charge on any atom is 0.317 e. The topological polar surface area (TPSA) is 78.4 Å². The zero-order valence-corrected chi connectivity index (χ0v) is 10.3. The Morgan fingerprint density at radius 3 is 3.29 bits per heavy atom. The van der Waals surface area contributed by atoms with Crippen LogP contribution in [-0.4, -0.2) is 47.5 Å². The molecule has 1 atom stereocenters. The first kappa shape index (κ1) is 12.3. The number of hydrogen-bond acceptors (Lipinski definition) is 6. The molecular weight excluding hydrogens is 240 g/mol. The molecule has 1 saturated heterocycles. The van der Waals surface area contributed by atoms with Gasteiger partial charge in [0.2, 0.25) is 5.13 Å². The van der Waals surface area contributed by atoms with Gasteiger partial charge in [0.15, 0.2) is 0 Å². The average Bonchev–Trinajstić information content (AvgIpc) is 2.82. The molecule has 0 aromatic carbocycles. The quantitative estimate of drug-likeness (QED) is 0.795. The summed E-state index contributed by atoms with van der Waals surface area (Å²) >= 11 is 1.55. The van der Waals surface area contributed by atoms with E-state index in [-0.39, 0.29) is 6.54 Å². The molecule has 1 fully saturated rings. The third kappa shape index (κ3) is 3.64. The maximum absolute atomic E-state index is 10.4. The molecule has 1 aliphatic rings. The molecule has 17 heavy (non-hydrogen) atoms. The molecule has 0 aliphatic carbocycles. The molecule has 94 valence electrons. The van der Waals surface area contributed by atoms with Crippen LogP contribution in [0.15, 0.2) is 5.51 Å². The number of aliphatic carboxylic acids is 1. The highest BCUT2D eigenvalue weighted by molar-refractivity contribution is 7.13. The van der Waals surface area contributed by atoms with Gasteiger partial charge in [-0.25, -0.2) is 0 Å². The lowest BCUT2D eigenvalue weighted by Crippen LogP contribution is -2.40. The molecule has 0 bridgehead atoms. The first-order valence-corrected chi connectivity index (χ1v) is 6.57. The number of carboxylic acids is 1. The van der Waals surface area contributed by atoms with Crippen molar-refractivity contribution in [1.82, 2.24) is 15.5 Å². The van der Waals surface area contributed by atoms with Gasteiger partial charge in [-0.05, 0) is 18.8 Å². The number of rotatable bonds is 5. The van der Waals surface area contributed by atoms with Crippen LogP contribution in [0.3, 0.4) is 0 Å². The van der Waals surface area contributed by atoms with Crippen molar-refractivity contribution in [2.45, 2.75) is 12.8 Å². The highest BCUT2D eigenvalue weighted by Crippen LogP contribution is 2.23. The van der Waals surface area contributed by atoms with Gasteiger partial charge in [0.25, 0.3) is 0 Å². The van der Waals surface area contributed by atoms with E-state index in [0.717, 1.165) is 37.6 Å². The highest BCUT2D eigenvalue weighted by atomic mass is 32.1. The van der Waals surface area contributed by atoms with Crippen LogP contribution in [0.2, 0.25) is 0 Å². The van der Waals surface area contributed by atoms with E-state index < -0.39 is 5.97 Å². The molecule has 0 spiro atoms. The molecule has 1 unspecified atom stereocenters. The lowest BCUT2D eigenvalue weighted by molar-refractivity contribution is -0.136. The summed E-state index contributed by atoms with van der Waals surface area (Å²) in [5.74, 6) is -0.311. The van der Waals surface area contributed by atoms with E-state index in [1.807, 2.05) is 0 Å². The van der Waals surface area contributed by atoms with Crippen molar-refractivity contribution >= 4 is 22.4 Å². The fraction of sp³-hybridized carbons (Fsp3) is 0.700. The SMILES string of the molecule is O=C(O)CNCC1CCCN(c2nncs2)C1. The minimum absolute atomic E-state index is 0.0370. The summed E-state index contributed by atoms with van der Waals surface area (Å²) in [4.78, 5) is 12.6. The fourth-order valence-electron chi connectivity index (χ4n) is 2.09. The number of anilines is 1. The predicted octanol–water partition coefficient (Wildman–Crippen LogP) is 0.429. The second-order valence-electron chi connectivity index (χ2n) is 4.20. The van der Waals surface area contributed by atoms with E-state index in [1.165, 1.54) is 0 Å².